The first-order valence-electron chi connectivity index (χ1n) is 9.83. The molecular formula is C22H31N3OS. The van der Waals surface area contributed by atoms with E-state index in [1.165, 1.54) is 21.6 Å². The molecule has 1 aromatic carbocycles. The van der Waals surface area contributed by atoms with Crippen LogP contribution < -0.4 is 10.6 Å². The molecule has 27 heavy (non-hydrogen) atoms. The minimum Gasteiger partial charge on any atom is -0.381 e. The molecule has 0 unspecified atom stereocenters. The van der Waals surface area contributed by atoms with E-state index in [4.69, 9.17) is 9.73 Å². The topological polar surface area (TPSA) is 45.7 Å². The Balaban J connectivity index is 1.76. The van der Waals surface area contributed by atoms with Crippen molar-refractivity contribution >= 4 is 17.3 Å². The molecule has 0 saturated carbocycles. The lowest BCUT2D eigenvalue weighted by Gasteiger charge is -2.39. The normalized spacial score (nSPS) is 16.9. The smallest absolute Gasteiger partial charge is 0.191 e. The van der Waals surface area contributed by atoms with Crippen LogP contribution in [-0.4, -0.2) is 32.3 Å². The fourth-order valence-electron chi connectivity index (χ4n) is 3.78. The van der Waals surface area contributed by atoms with Gasteiger partial charge in [-0.05, 0) is 61.7 Å². The van der Waals surface area contributed by atoms with E-state index in [0.717, 1.165) is 51.6 Å². The number of hydrogen-bond acceptors (Lipinski definition) is 3. The van der Waals surface area contributed by atoms with E-state index in [1.807, 2.05) is 0 Å². The van der Waals surface area contributed by atoms with Gasteiger partial charge in [0.05, 0.1) is 6.54 Å². The fraction of sp³-hybridized carbons (Fsp3) is 0.500. The van der Waals surface area contributed by atoms with Gasteiger partial charge < -0.3 is 15.4 Å². The molecule has 0 radical (unpaired) electrons. The van der Waals surface area contributed by atoms with Gasteiger partial charge in [-0.3, -0.25) is 0 Å². The Labute approximate surface area is 167 Å². The van der Waals surface area contributed by atoms with Crippen molar-refractivity contribution in [1.82, 2.24) is 10.6 Å². The van der Waals surface area contributed by atoms with Crippen molar-refractivity contribution in [3.8, 4) is 0 Å². The summed E-state index contributed by atoms with van der Waals surface area (Å²) in [5, 5.41) is 9.16. The van der Waals surface area contributed by atoms with Crippen molar-refractivity contribution in [2.24, 2.45) is 4.99 Å². The van der Waals surface area contributed by atoms with Crippen molar-refractivity contribution in [3.63, 3.8) is 0 Å². The largest absolute Gasteiger partial charge is 0.381 e. The van der Waals surface area contributed by atoms with Crippen molar-refractivity contribution in [3.05, 3.63) is 57.3 Å². The Morgan fingerprint density at radius 1 is 1.11 bits per heavy atom. The molecule has 1 aliphatic heterocycles. The van der Waals surface area contributed by atoms with Gasteiger partial charge in [-0.2, -0.15) is 0 Å². The number of guanidine groups is 1. The standard InChI is InChI=1S/C22H31N3OS/c1-4-23-21(24-15-20-18(3)9-14-27-20)25-16-22(10-12-26-13-11-22)19-8-6-5-7-17(19)2/h5-9,14H,4,10-13,15-16H2,1-3H3,(H2,23,24,25). The third kappa shape index (κ3) is 4.90. The molecule has 146 valence electrons. The number of nitrogens with one attached hydrogen (secondary N) is 2. The molecule has 0 amide bonds. The Kier molecular flexibility index (Phi) is 6.91. The number of benzene rings is 1. The lowest BCUT2D eigenvalue weighted by atomic mass is 9.72. The first kappa shape index (κ1) is 19.9. The van der Waals surface area contributed by atoms with Crippen LogP contribution in [0, 0.1) is 13.8 Å². The lowest BCUT2D eigenvalue weighted by molar-refractivity contribution is 0.0512. The third-order valence-corrected chi connectivity index (χ3v) is 6.46. The highest BCUT2D eigenvalue weighted by Crippen LogP contribution is 2.36. The van der Waals surface area contributed by atoms with E-state index in [-0.39, 0.29) is 5.41 Å². The van der Waals surface area contributed by atoms with Crippen molar-refractivity contribution < 1.29 is 4.74 Å². The zero-order chi connectivity index (χ0) is 19.1. The average molecular weight is 386 g/mol. The SMILES string of the molecule is CCNC(=NCc1sccc1C)NCC1(c2ccccc2C)CCOCC1. The van der Waals surface area contributed by atoms with Crippen LogP contribution in [0.25, 0.3) is 0 Å². The van der Waals surface area contributed by atoms with Gasteiger partial charge in [0.15, 0.2) is 5.96 Å². The minimum absolute atomic E-state index is 0.0959. The molecule has 0 bridgehead atoms. The number of aryl methyl sites for hydroxylation is 2. The van der Waals surface area contributed by atoms with Gasteiger partial charge in [0, 0.05) is 36.6 Å². The van der Waals surface area contributed by atoms with E-state index in [9.17, 15) is 0 Å². The quantitative estimate of drug-likeness (QED) is 0.579. The van der Waals surface area contributed by atoms with Crippen LogP contribution in [0.4, 0.5) is 0 Å². The van der Waals surface area contributed by atoms with Crippen molar-refractivity contribution in [2.75, 3.05) is 26.3 Å². The molecule has 2 aromatic rings. The molecule has 5 heteroatoms. The molecule has 4 nitrogen and oxygen atoms in total. The van der Waals surface area contributed by atoms with Crippen LogP contribution in [0.2, 0.25) is 0 Å². The minimum atomic E-state index is 0.0959. The predicted octanol–water partition coefficient (Wildman–Crippen LogP) is 4.17. The van der Waals surface area contributed by atoms with Gasteiger partial charge in [-0.15, -0.1) is 11.3 Å². The second-order valence-corrected chi connectivity index (χ2v) is 8.28. The van der Waals surface area contributed by atoms with Crippen LogP contribution in [0.5, 0.6) is 0 Å². The Morgan fingerprint density at radius 3 is 2.56 bits per heavy atom. The monoisotopic (exact) mass is 385 g/mol. The van der Waals surface area contributed by atoms with E-state index < -0.39 is 0 Å². The van der Waals surface area contributed by atoms with Gasteiger partial charge in [0.1, 0.15) is 0 Å². The van der Waals surface area contributed by atoms with Crippen molar-refractivity contribution in [2.45, 2.75) is 45.6 Å². The molecule has 0 atom stereocenters. The number of hydrogen-bond donors (Lipinski definition) is 2. The highest BCUT2D eigenvalue weighted by molar-refractivity contribution is 7.10. The molecule has 1 fully saturated rings. The molecule has 0 aliphatic carbocycles. The Bertz CT molecular complexity index is 762. The number of aliphatic imine (C=N–C) groups is 1. The maximum atomic E-state index is 5.68. The Morgan fingerprint density at radius 2 is 1.89 bits per heavy atom. The summed E-state index contributed by atoms with van der Waals surface area (Å²) in [6.45, 7) is 10.6. The first-order chi connectivity index (χ1) is 13.1. The lowest BCUT2D eigenvalue weighted by Crippen LogP contribution is -2.48. The highest BCUT2D eigenvalue weighted by atomic mass is 32.1. The molecule has 1 aromatic heterocycles. The number of rotatable bonds is 6. The maximum Gasteiger partial charge on any atom is 0.191 e. The summed E-state index contributed by atoms with van der Waals surface area (Å²) in [7, 11) is 0. The van der Waals surface area contributed by atoms with Gasteiger partial charge in [-0.25, -0.2) is 4.99 Å². The molecule has 2 heterocycles. The highest BCUT2D eigenvalue weighted by Gasteiger charge is 2.35. The third-order valence-electron chi connectivity index (χ3n) is 5.45. The molecule has 3 rings (SSSR count). The van der Waals surface area contributed by atoms with Crippen LogP contribution in [0.3, 0.4) is 0 Å². The number of nitrogens with zero attached hydrogens (tertiary/aromatic N) is 1. The summed E-state index contributed by atoms with van der Waals surface area (Å²) in [5.74, 6) is 0.893. The zero-order valence-corrected chi connectivity index (χ0v) is 17.5. The van der Waals surface area contributed by atoms with Crippen molar-refractivity contribution in [1.29, 1.82) is 0 Å². The van der Waals surface area contributed by atoms with Crippen LogP contribution in [0.15, 0.2) is 40.7 Å². The summed E-state index contributed by atoms with van der Waals surface area (Å²) < 4.78 is 5.68. The second-order valence-electron chi connectivity index (χ2n) is 7.28. The predicted molar refractivity (Wildman–Crippen MR) is 115 cm³/mol. The van der Waals surface area contributed by atoms with Crippen LogP contribution in [0.1, 0.15) is 41.3 Å². The van der Waals surface area contributed by atoms with E-state index in [1.54, 1.807) is 11.3 Å². The summed E-state index contributed by atoms with van der Waals surface area (Å²) in [5.41, 5.74) is 4.21. The summed E-state index contributed by atoms with van der Waals surface area (Å²) in [4.78, 5) is 6.15. The zero-order valence-electron chi connectivity index (χ0n) is 16.7. The Hall–Kier alpha value is -1.85. The summed E-state index contributed by atoms with van der Waals surface area (Å²) in [6.07, 6.45) is 2.07. The molecule has 1 saturated heterocycles. The number of thiophene rings is 1. The summed E-state index contributed by atoms with van der Waals surface area (Å²) in [6, 6.07) is 10.9. The van der Waals surface area contributed by atoms with E-state index in [2.05, 4.69) is 67.1 Å². The van der Waals surface area contributed by atoms with Gasteiger partial charge in [0.25, 0.3) is 0 Å². The van der Waals surface area contributed by atoms with Gasteiger partial charge in [-0.1, -0.05) is 24.3 Å². The first-order valence-corrected chi connectivity index (χ1v) is 10.7. The molecule has 2 N–H and O–H groups in total. The van der Waals surface area contributed by atoms with Gasteiger partial charge >= 0.3 is 0 Å². The van der Waals surface area contributed by atoms with E-state index >= 15 is 0 Å². The average Bonchev–Trinajstić information content (AvgIpc) is 3.10. The second kappa shape index (κ2) is 9.38. The van der Waals surface area contributed by atoms with Crippen LogP contribution >= 0.6 is 11.3 Å². The van der Waals surface area contributed by atoms with Crippen LogP contribution in [-0.2, 0) is 16.7 Å². The van der Waals surface area contributed by atoms with Gasteiger partial charge in [0.2, 0.25) is 0 Å². The van der Waals surface area contributed by atoms with E-state index in [0.29, 0.717) is 0 Å². The maximum absolute atomic E-state index is 5.68. The fourth-order valence-corrected chi connectivity index (χ4v) is 4.61. The molecule has 1 aliphatic rings. The summed E-state index contributed by atoms with van der Waals surface area (Å²) >= 11 is 1.77. The molecular weight excluding hydrogens is 354 g/mol. The number of ether oxygens (including phenoxy) is 1. The molecule has 0 spiro atoms.